The second kappa shape index (κ2) is 13.4. The Balaban J connectivity index is 1.43. The standard InChI is InChI=1S/C37H38O4/c1-24(2)18-26-8-10-27(11-9-26)19-28-12-14-29(15-13-28)23-35(38)33-17-16-31(22-34(33)37(40)41)20-30-6-5-7-32(21-30)36(39)25(3)4/h5-17,21-22,24-25H,18-20,23H2,1-4H3,(H,40,41). The Kier molecular flexibility index (Phi) is 9.67. The lowest BCUT2D eigenvalue weighted by atomic mass is 9.93. The minimum absolute atomic E-state index is 0.000514. The van der Waals surface area contributed by atoms with E-state index in [2.05, 4.69) is 38.1 Å². The number of carboxylic acid groups (broad SMARTS) is 1. The van der Waals surface area contributed by atoms with E-state index in [1.54, 1.807) is 24.3 Å². The van der Waals surface area contributed by atoms with Gasteiger partial charge in [0.15, 0.2) is 11.6 Å². The highest BCUT2D eigenvalue weighted by Crippen LogP contribution is 2.21. The zero-order valence-electron chi connectivity index (χ0n) is 24.3. The van der Waals surface area contributed by atoms with Crippen LogP contribution < -0.4 is 0 Å². The number of carboxylic acids is 1. The van der Waals surface area contributed by atoms with Crippen LogP contribution in [0.3, 0.4) is 0 Å². The number of Topliss-reactive ketones (excluding diaryl/α,β-unsaturated/α-hetero) is 2. The lowest BCUT2D eigenvalue weighted by Crippen LogP contribution is -2.12. The lowest BCUT2D eigenvalue weighted by molar-refractivity contribution is 0.0691. The molecule has 0 saturated heterocycles. The first-order valence-corrected chi connectivity index (χ1v) is 14.3. The average Bonchev–Trinajstić information content (AvgIpc) is 2.94. The molecule has 0 aliphatic heterocycles. The van der Waals surface area contributed by atoms with E-state index in [-0.39, 0.29) is 35.0 Å². The SMILES string of the molecule is CC(C)Cc1ccc(Cc2ccc(CC(=O)c3ccc(Cc4cccc(C(=O)C(C)C)c4)cc3C(=O)O)cc2)cc1. The Morgan fingerprint density at radius 3 is 1.73 bits per heavy atom. The summed E-state index contributed by atoms with van der Waals surface area (Å²) in [4.78, 5) is 37.7. The molecule has 4 aromatic rings. The summed E-state index contributed by atoms with van der Waals surface area (Å²) >= 11 is 0. The Morgan fingerprint density at radius 2 is 1.15 bits per heavy atom. The maximum atomic E-state index is 13.2. The summed E-state index contributed by atoms with van der Waals surface area (Å²) < 4.78 is 0. The molecule has 41 heavy (non-hydrogen) atoms. The van der Waals surface area contributed by atoms with Crippen LogP contribution in [0.4, 0.5) is 0 Å². The molecule has 4 heteroatoms. The van der Waals surface area contributed by atoms with Gasteiger partial charge >= 0.3 is 5.97 Å². The average molecular weight is 547 g/mol. The highest BCUT2D eigenvalue weighted by atomic mass is 16.4. The number of carbonyl (C=O) groups is 3. The van der Waals surface area contributed by atoms with Crippen LogP contribution in [0.1, 0.15) is 92.1 Å². The second-order valence-electron chi connectivity index (χ2n) is 11.6. The van der Waals surface area contributed by atoms with Crippen molar-refractivity contribution in [1.82, 2.24) is 0 Å². The van der Waals surface area contributed by atoms with Gasteiger partial charge in [0.1, 0.15) is 0 Å². The predicted octanol–water partition coefficient (Wildman–Crippen LogP) is 8.03. The van der Waals surface area contributed by atoms with Crippen molar-refractivity contribution in [2.24, 2.45) is 11.8 Å². The van der Waals surface area contributed by atoms with Crippen molar-refractivity contribution in [2.75, 3.05) is 0 Å². The number of aromatic carboxylic acids is 1. The summed E-state index contributed by atoms with van der Waals surface area (Å²) in [5.74, 6) is -0.758. The zero-order chi connectivity index (χ0) is 29.5. The summed E-state index contributed by atoms with van der Waals surface area (Å²) in [6.07, 6.45) is 2.48. The van der Waals surface area contributed by atoms with Gasteiger partial charge < -0.3 is 5.11 Å². The fourth-order valence-electron chi connectivity index (χ4n) is 5.08. The third-order valence-corrected chi connectivity index (χ3v) is 7.22. The van der Waals surface area contributed by atoms with Crippen LogP contribution in [0, 0.1) is 11.8 Å². The molecular formula is C37H38O4. The first-order chi connectivity index (χ1) is 19.6. The van der Waals surface area contributed by atoms with Gasteiger partial charge in [-0.15, -0.1) is 0 Å². The van der Waals surface area contributed by atoms with Crippen molar-refractivity contribution in [2.45, 2.75) is 53.4 Å². The first kappa shape index (κ1) is 29.7. The van der Waals surface area contributed by atoms with E-state index >= 15 is 0 Å². The van der Waals surface area contributed by atoms with Gasteiger partial charge in [-0.3, -0.25) is 9.59 Å². The monoisotopic (exact) mass is 546 g/mol. The quantitative estimate of drug-likeness (QED) is 0.183. The van der Waals surface area contributed by atoms with E-state index in [4.69, 9.17) is 0 Å². The molecule has 0 unspecified atom stereocenters. The minimum atomic E-state index is -1.13. The van der Waals surface area contributed by atoms with E-state index < -0.39 is 5.97 Å². The molecule has 4 nitrogen and oxygen atoms in total. The highest BCUT2D eigenvalue weighted by molar-refractivity contribution is 6.06. The Morgan fingerprint density at radius 1 is 0.610 bits per heavy atom. The Hall–Kier alpha value is -4.31. The molecule has 0 aliphatic carbocycles. The second-order valence-corrected chi connectivity index (χ2v) is 11.6. The van der Waals surface area contributed by atoms with E-state index in [1.165, 1.54) is 11.1 Å². The van der Waals surface area contributed by atoms with Crippen molar-refractivity contribution in [3.63, 3.8) is 0 Å². The molecule has 1 N–H and O–H groups in total. The fraction of sp³-hybridized carbons (Fsp3) is 0.270. The Bertz CT molecular complexity index is 1530. The summed E-state index contributed by atoms with van der Waals surface area (Å²) in [5.41, 5.74) is 7.13. The lowest BCUT2D eigenvalue weighted by Gasteiger charge is -2.11. The zero-order valence-corrected chi connectivity index (χ0v) is 24.3. The third kappa shape index (κ3) is 8.11. The third-order valence-electron chi connectivity index (χ3n) is 7.22. The molecule has 210 valence electrons. The van der Waals surface area contributed by atoms with E-state index in [1.807, 2.05) is 56.3 Å². The molecule has 0 heterocycles. The van der Waals surface area contributed by atoms with Crippen LogP contribution in [0.2, 0.25) is 0 Å². The minimum Gasteiger partial charge on any atom is -0.478 e. The van der Waals surface area contributed by atoms with Gasteiger partial charge in [-0.2, -0.15) is 0 Å². The van der Waals surface area contributed by atoms with Crippen molar-refractivity contribution < 1.29 is 19.5 Å². The van der Waals surface area contributed by atoms with Gasteiger partial charge in [-0.05, 0) is 70.7 Å². The van der Waals surface area contributed by atoms with Gasteiger partial charge in [0.25, 0.3) is 0 Å². The summed E-state index contributed by atoms with van der Waals surface area (Å²) in [6.45, 7) is 8.17. The van der Waals surface area contributed by atoms with Crippen molar-refractivity contribution >= 4 is 17.5 Å². The molecule has 4 aromatic carbocycles. The van der Waals surface area contributed by atoms with E-state index in [0.717, 1.165) is 35.1 Å². The van der Waals surface area contributed by atoms with Crippen LogP contribution in [0.5, 0.6) is 0 Å². The van der Waals surface area contributed by atoms with Gasteiger partial charge in [0.05, 0.1) is 5.56 Å². The number of hydrogen-bond donors (Lipinski definition) is 1. The molecule has 0 saturated carbocycles. The molecule has 0 fully saturated rings. The normalized spacial score (nSPS) is 11.2. The maximum Gasteiger partial charge on any atom is 0.336 e. The molecular weight excluding hydrogens is 508 g/mol. The fourth-order valence-corrected chi connectivity index (χ4v) is 5.08. The number of ketones is 2. The number of hydrogen-bond acceptors (Lipinski definition) is 3. The van der Waals surface area contributed by atoms with Gasteiger partial charge in [-0.1, -0.05) is 107 Å². The smallest absolute Gasteiger partial charge is 0.336 e. The van der Waals surface area contributed by atoms with Crippen LogP contribution in [-0.2, 0) is 25.7 Å². The molecule has 0 spiro atoms. The van der Waals surface area contributed by atoms with Crippen LogP contribution >= 0.6 is 0 Å². The number of carbonyl (C=O) groups excluding carboxylic acids is 2. The van der Waals surface area contributed by atoms with Crippen LogP contribution in [0.15, 0.2) is 91.0 Å². The van der Waals surface area contributed by atoms with Crippen LogP contribution in [0.25, 0.3) is 0 Å². The van der Waals surface area contributed by atoms with Crippen molar-refractivity contribution in [3.05, 3.63) is 141 Å². The molecule has 4 rings (SSSR count). The summed E-state index contributed by atoms with van der Waals surface area (Å²) in [5, 5.41) is 9.89. The molecule has 0 amide bonds. The largest absolute Gasteiger partial charge is 0.478 e. The highest BCUT2D eigenvalue weighted by Gasteiger charge is 2.18. The van der Waals surface area contributed by atoms with Gasteiger partial charge in [0.2, 0.25) is 0 Å². The molecule has 0 atom stereocenters. The maximum absolute atomic E-state index is 13.2. The Labute approximate surface area is 243 Å². The van der Waals surface area contributed by atoms with Gasteiger partial charge in [-0.25, -0.2) is 4.79 Å². The topological polar surface area (TPSA) is 71.4 Å². The molecule has 0 aliphatic rings. The van der Waals surface area contributed by atoms with Crippen molar-refractivity contribution in [3.8, 4) is 0 Å². The number of benzene rings is 4. The van der Waals surface area contributed by atoms with E-state index in [9.17, 15) is 19.5 Å². The van der Waals surface area contributed by atoms with Gasteiger partial charge in [0, 0.05) is 23.5 Å². The summed E-state index contributed by atoms with van der Waals surface area (Å²) in [7, 11) is 0. The summed E-state index contributed by atoms with van der Waals surface area (Å²) in [6, 6.07) is 29.1. The molecule has 0 aromatic heterocycles. The predicted molar refractivity (Wildman–Crippen MR) is 164 cm³/mol. The molecule has 0 bridgehead atoms. The first-order valence-electron chi connectivity index (χ1n) is 14.3. The molecule has 0 radical (unpaired) electrons. The van der Waals surface area contributed by atoms with Crippen molar-refractivity contribution in [1.29, 1.82) is 0 Å². The van der Waals surface area contributed by atoms with E-state index in [0.29, 0.717) is 17.9 Å². The number of rotatable bonds is 12. The van der Waals surface area contributed by atoms with Crippen LogP contribution in [-0.4, -0.2) is 22.6 Å².